The Kier molecular flexibility index (Phi) is 11.3. The first-order valence-electron chi connectivity index (χ1n) is 8.42. The summed E-state index contributed by atoms with van der Waals surface area (Å²) in [5.41, 5.74) is -3.63. The van der Waals surface area contributed by atoms with E-state index in [0.29, 0.717) is 12.1 Å². The van der Waals surface area contributed by atoms with E-state index in [-0.39, 0.29) is 17.0 Å². The molecule has 13 nitrogen and oxygen atoms in total. The minimum Gasteiger partial charge on any atom is -0.545 e. The third-order valence-corrected chi connectivity index (χ3v) is 3.44. The molecule has 0 aliphatic carbocycles. The van der Waals surface area contributed by atoms with E-state index in [1.54, 1.807) is 36.7 Å². The quantitative estimate of drug-likeness (QED) is 0.314. The van der Waals surface area contributed by atoms with Gasteiger partial charge in [-0.25, -0.2) is 19.6 Å². The predicted octanol–water partition coefficient (Wildman–Crippen LogP) is -2.60. The zero-order chi connectivity index (χ0) is 24.3. The Balaban J connectivity index is 0.000000556. The van der Waals surface area contributed by atoms with Crippen molar-refractivity contribution in [2.24, 2.45) is 0 Å². The number of aromatic nitrogens is 2. The van der Waals surface area contributed by atoms with Crippen LogP contribution in [0.25, 0.3) is 0 Å². The van der Waals surface area contributed by atoms with Gasteiger partial charge in [0.25, 0.3) is 0 Å². The topological polar surface area (TPSA) is 255 Å². The number of aromatic amines is 2. The van der Waals surface area contributed by atoms with E-state index in [1.807, 2.05) is 0 Å². The fraction of sp³-hybridized carbons (Fsp3) is 0. The minimum atomic E-state index is -1.94. The molecule has 0 aliphatic heterocycles. The highest BCUT2D eigenvalue weighted by Gasteiger charge is 2.19. The van der Waals surface area contributed by atoms with E-state index in [1.165, 1.54) is 12.4 Å². The van der Waals surface area contributed by atoms with Gasteiger partial charge in [0.05, 0.1) is 23.1 Å². The molecule has 0 fully saturated rings. The Morgan fingerprint density at radius 2 is 1.00 bits per heavy atom. The third kappa shape index (κ3) is 9.10. The van der Waals surface area contributed by atoms with Crippen LogP contribution in [0, 0.1) is 0 Å². The molecule has 2 aromatic heterocycles. The Morgan fingerprint density at radius 3 is 1.18 bits per heavy atom. The van der Waals surface area contributed by atoms with Gasteiger partial charge in [0.15, 0.2) is 23.9 Å². The van der Waals surface area contributed by atoms with Crippen LogP contribution < -0.4 is 20.2 Å². The van der Waals surface area contributed by atoms with E-state index in [0.717, 1.165) is 0 Å². The lowest BCUT2D eigenvalue weighted by atomic mass is 9.98. The number of aromatic hydroxyl groups is 2. The Labute approximate surface area is 184 Å². The molecule has 0 aliphatic rings. The van der Waals surface area contributed by atoms with E-state index < -0.39 is 46.1 Å². The van der Waals surface area contributed by atoms with Crippen LogP contribution in [0.1, 0.15) is 41.4 Å². The molecule has 1 aromatic carbocycles. The largest absolute Gasteiger partial charge is 0.545 e. The lowest BCUT2D eigenvalue weighted by Gasteiger charge is -2.13. The molecule has 8 N–H and O–H groups in total. The second-order valence-electron chi connectivity index (χ2n) is 5.65. The van der Waals surface area contributed by atoms with Crippen molar-refractivity contribution >= 4 is 23.9 Å². The van der Waals surface area contributed by atoms with Crippen LogP contribution in [-0.4, -0.2) is 49.8 Å². The number of pyridine rings is 2. The number of H-pyrrole nitrogens is 2. The Morgan fingerprint density at radius 1 is 0.667 bits per heavy atom. The van der Waals surface area contributed by atoms with Crippen molar-refractivity contribution in [3.63, 3.8) is 0 Å². The van der Waals surface area contributed by atoms with Gasteiger partial charge in [-0.2, -0.15) is 0 Å². The number of nitrogens with one attached hydrogen (secondary N) is 2. The van der Waals surface area contributed by atoms with Crippen molar-refractivity contribution in [1.82, 2.24) is 0 Å². The fourth-order valence-electron chi connectivity index (χ4n) is 2.06. The fourth-order valence-corrected chi connectivity index (χ4v) is 2.06. The van der Waals surface area contributed by atoms with Crippen molar-refractivity contribution in [3.05, 3.63) is 83.4 Å². The number of benzene rings is 1. The summed E-state index contributed by atoms with van der Waals surface area (Å²) >= 11 is 0. The summed E-state index contributed by atoms with van der Waals surface area (Å²) in [7, 11) is 0. The predicted molar refractivity (Wildman–Crippen MR) is 102 cm³/mol. The normalized spacial score (nSPS) is 8.97. The van der Waals surface area contributed by atoms with Gasteiger partial charge in [-0.05, 0) is 24.3 Å². The number of hydrogen-bond donors (Lipinski definition) is 4. The molecule has 174 valence electrons. The van der Waals surface area contributed by atoms with Crippen LogP contribution in [0.3, 0.4) is 0 Å². The van der Waals surface area contributed by atoms with Gasteiger partial charge in [-0.15, -0.1) is 0 Å². The summed E-state index contributed by atoms with van der Waals surface area (Å²) in [6.07, 6.45) is 6.50. The molecule has 3 aromatic rings. The number of aromatic carboxylic acids is 4. The lowest BCUT2D eigenvalue weighted by molar-refractivity contribution is -0.379. The number of carbonyl (C=O) groups is 4. The SMILES string of the molecule is O.O=C([O-])c1cc(C(=O)[O-])c(C(=O)O)cc1C(=O)O.Oc1ccc[nH+]c1.Oc1ccc[nH+]c1. The third-order valence-electron chi connectivity index (χ3n) is 3.44. The van der Waals surface area contributed by atoms with E-state index >= 15 is 0 Å². The number of carbonyl (C=O) groups excluding carboxylic acids is 2. The second-order valence-corrected chi connectivity index (χ2v) is 5.65. The zero-order valence-corrected chi connectivity index (χ0v) is 16.5. The van der Waals surface area contributed by atoms with Crippen LogP contribution >= 0.6 is 0 Å². The number of hydrogen-bond acceptors (Lipinski definition) is 8. The summed E-state index contributed by atoms with van der Waals surface area (Å²) in [4.78, 5) is 48.2. The summed E-state index contributed by atoms with van der Waals surface area (Å²) in [5.74, 6) is -6.79. The van der Waals surface area contributed by atoms with Crippen molar-refractivity contribution in [2.75, 3.05) is 0 Å². The van der Waals surface area contributed by atoms with Crippen LogP contribution in [0.2, 0.25) is 0 Å². The van der Waals surface area contributed by atoms with Crippen LogP contribution in [-0.2, 0) is 0 Å². The maximum atomic E-state index is 10.7. The number of rotatable bonds is 4. The first kappa shape index (κ1) is 28.0. The second kappa shape index (κ2) is 13.3. The monoisotopic (exact) mass is 462 g/mol. The van der Waals surface area contributed by atoms with E-state index in [9.17, 15) is 29.4 Å². The van der Waals surface area contributed by atoms with Gasteiger partial charge in [-0.3, -0.25) is 0 Å². The van der Waals surface area contributed by atoms with E-state index in [2.05, 4.69) is 9.97 Å². The smallest absolute Gasteiger partial charge is 0.336 e. The molecule has 0 atom stereocenters. The van der Waals surface area contributed by atoms with E-state index in [4.69, 9.17) is 20.4 Å². The van der Waals surface area contributed by atoms with Crippen molar-refractivity contribution in [3.8, 4) is 11.5 Å². The molecule has 0 saturated carbocycles. The average molecular weight is 462 g/mol. The molecule has 13 heteroatoms. The first-order valence-corrected chi connectivity index (χ1v) is 8.42. The number of carboxylic acid groups (broad SMARTS) is 4. The highest BCUT2D eigenvalue weighted by molar-refractivity contribution is 6.08. The van der Waals surface area contributed by atoms with Crippen LogP contribution in [0.5, 0.6) is 11.5 Å². The van der Waals surface area contributed by atoms with Crippen molar-refractivity contribution < 1.29 is 65.3 Å². The minimum absolute atomic E-state index is 0. The van der Waals surface area contributed by atoms with Crippen molar-refractivity contribution in [1.29, 1.82) is 0 Å². The van der Waals surface area contributed by atoms with Gasteiger partial charge in [0.1, 0.15) is 0 Å². The molecule has 0 amide bonds. The molecule has 33 heavy (non-hydrogen) atoms. The molecule has 0 spiro atoms. The number of carboxylic acids is 4. The van der Waals surface area contributed by atoms with Crippen LogP contribution in [0.15, 0.2) is 61.2 Å². The summed E-state index contributed by atoms with van der Waals surface area (Å²) < 4.78 is 0. The standard InChI is InChI=1S/C10H6O8.2C5H5NO.H2O/c11-7(12)3-1-4(8(13)14)6(10(17)18)2-5(3)9(15)16;2*7-5-2-1-3-6-4-5;/h1-2H,(H,11,12)(H,13,14)(H,15,16)(H,17,18);2*1-4,7H;1H2. The van der Waals surface area contributed by atoms with Gasteiger partial charge in [0.2, 0.25) is 12.4 Å². The Bertz CT molecular complexity index is 968. The summed E-state index contributed by atoms with van der Waals surface area (Å²) in [5, 5.41) is 55.9. The highest BCUT2D eigenvalue weighted by Crippen LogP contribution is 2.17. The molecule has 0 saturated heterocycles. The van der Waals surface area contributed by atoms with Gasteiger partial charge >= 0.3 is 11.9 Å². The molecular weight excluding hydrogens is 444 g/mol. The highest BCUT2D eigenvalue weighted by atomic mass is 16.4. The van der Waals surface area contributed by atoms with Gasteiger partial charge < -0.3 is 45.7 Å². The average Bonchev–Trinajstić information content (AvgIpc) is 2.74. The zero-order valence-electron chi connectivity index (χ0n) is 16.5. The molecular formula is C20H18N2O11. The summed E-state index contributed by atoms with van der Waals surface area (Å²) in [6, 6.07) is 7.50. The molecule has 0 unspecified atom stereocenters. The maximum absolute atomic E-state index is 10.7. The first-order chi connectivity index (χ1) is 15.0. The van der Waals surface area contributed by atoms with Crippen molar-refractivity contribution in [2.45, 2.75) is 0 Å². The van der Waals surface area contributed by atoms with Gasteiger partial charge in [0, 0.05) is 23.3 Å². The van der Waals surface area contributed by atoms with Gasteiger partial charge in [-0.1, -0.05) is 0 Å². The Hall–Kier alpha value is -5.04. The van der Waals surface area contributed by atoms with Crippen LogP contribution in [0.4, 0.5) is 0 Å². The molecule has 3 rings (SSSR count). The lowest BCUT2D eigenvalue weighted by Crippen LogP contribution is -2.29. The summed E-state index contributed by atoms with van der Waals surface area (Å²) in [6.45, 7) is 0. The molecule has 0 bridgehead atoms. The molecule has 2 heterocycles. The maximum Gasteiger partial charge on any atom is 0.336 e. The molecule has 0 radical (unpaired) electrons.